The van der Waals surface area contributed by atoms with E-state index in [1.807, 2.05) is 6.92 Å². The van der Waals surface area contributed by atoms with Gasteiger partial charge >= 0.3 is 5.76 Å². The molecule has 25 heavy (non-hydrogen) atoms. The molecule has 1 aliphatic rings. The number of carbonyl (C=O) groups is 1. The SMILES string of the molecule is CCCc1nn(CC(=O)Nc2cc3c(cc2Cl)OCCCO3)c(=O)o1. The lowest BCUT2D eigenvalue weighted by Crippen LogP contribution is -2.26. The molecule has 1 aliphatic heterocycles. The average Bonchev–Trinajstić information content (AvgIpc) is 2.77. The van der Waals surface area contributed by atoms with Gasteiger partial charge in [-0.1, -0.05) is 18.5 Å². The number of aryl methyl sites for hydroxylation is 1. The maximum absolute atomic E-state index is 12.2. The molecule has 0 spiro atoms. The fourth-order valence-corrected chi connectivity index (χ4v) is 2.57. The number of halogens is 1. The molecule has 3 rings (SSSR count). The summed E-state index contributed by atoms with van der Waals surface area (Å²) in [7, 11) is 0. The highest BCUT2D eigenvalue weighted by atomic mass is 35.5. The number of nitrogens with zero attached hydrogens (tertiary/aromatic N) is 2. The molecule has 0 radical (unpaired) electrons. The molecule has 0 unspecified atom stereocenters. The van der Waals surface area contributed by atoms with Crippen LogP contribution in [0.3, 0.4) is 0 Å². The summed E-state index contributed by atoms with van der Waals surface area (Å²) in [6, 6.07) is 3.20. The maximum atomic E-state index is 12.2. The van der Waals surface area contributed by atoms with Crippen molar-refractivity contribution >= 4 is 23.2 Å². The Bertz CT molecular complexity index is 830. The van der Waals surface area contributed by atoms with Gasteiger partial charge < -0.3 is 19.2 Å². The second-order valence-corrected chi connectivity index (χ2v) is 5.95. The number of ether oxygens (including phenoxy) is 2. The van der Waals surface area contributed by atoms with Crippen LogP contribution in [0.2, 0.25) is 5.02 Å². The Morgan fingerprint density at radius 2 is 2.04 bits per heavy atom. The Kier molecular flexibility index (Phi) is 5.28. The fourth-order valence-electron chi connectivity index (χ4n) is 2.37. The molecule has 1 N–H and O–H groups in total. The van der Waals surface area contributed by atoms with E-state index < -0.39 is 11.7 Å². The zero-order valence-corrected chi connectivity index (χ0v) is 14.5. The molecule has 9 heteroatoms. The summed E-state index contributed by atoms with van der Waals surface area (Å²) < 4.78 is 17.1. The van der Waals surface area contributed by atoms with Crippen molar-refractivity contribution in [2.75, 3.05) is 18.5 Å². The maximum Gasteiger partial charge on any atom is 0.437 e. The van der Waals surface area contributed by atoms with Crippen molar-refractivity contribution in [2.24, 2.45) is 0 Å². The number of aromatic nitrogens is 2. The van der Waals surface area contributed by atoms with Crippen LogP contribution in [0.1, 0.15) is 25.7 Å². The summed E-state index contributed by atoms with van der Waals surface area (Å²) in [6.45, 7) is 2.75. The largest absolute Gasteiger partial charge is 0.490 e. The second kappa shape index (κ2) is 7.60. The van der Waals surface area contributed by atoms with Crippen LogP contribution >= 0.6 is 11.6 Å². The lowest BCUT2D eigenvalue weighted by Gasteiger charge is -2.12. The molecule has 2 heterocycles. The van der Waals surface area contributed by atoms with Crippen LogP contribution < -0.4 is 20.5 Å². The summed E-state index contributed by atoms with van der Waals surface area (Å²) in [5.41, 5.74) is 0.376. The quantitative estimate of drug-likeness (QED) is 0.870. The van der Waals surface area contributed by atoms with Gasteiger partial charge in [-0.2, -0.15) is 4.68 Å². The summed E-state index contributed by atoms with van der Waals surface area (Å²) >= 11 is 6.19. The molecular formula is C16H18ClN3O5. The number of nitrogens with one attached hydrogen (secondary N) is 1. The van der Waals surface area contributed by atoms with E-state index >= 15 is 0 Å². The first-order chi connectivity index (χ1) is 12.1. The minimum atomic E-state index is -0.664. The van der Waals surface area contributed by atoms with E-state index in [4.69, 9.17) is 25.5 Å². The third kappa shape index (κ3) is 4.14. The van der Waals surface area contributed by atoms with Gasteiger partial charge in [-0.15, -0.1) is 5.10 Å². The van der Waals surface area contributed by atoms with Crippen molar-refractivity contribution in [3.63, 3.8) is 0 Å². The first kappa shape index (κ1) is 17.3. The highest BCUT2D eigenvalue weighted by Gasteiger charge is 2.17. The molecule has 134 valence electrons. The normalized spacial score (nSPS) is 13.4. The standard InChI is InChI=1S/C16H18ClN3O5/c1-2-4-15-19-20(16(22)25-15)9-14(21)18-11-8-13-12(7-10(11)17)23-5-3-6-24-13/h7-8H,2-6,9H2,1H3,(H,18,21). The van der Waals surface area contributed by atoms with Crippen molar-refractivity contribution in [1.29, 1.82) is 0 Å². The van der Waals surface area contributed by atoms with E-state index in [9.17, 15) is 9.59 Å². The fraction of sp³-hybridized carbons (Fsp3) is 0.438. The van der Waals surface area contributed by atoms with E-state index in [-0.39, 0.29) is 6.54 Å². The Morgan fingerprint density at radius 1 is 1.32 bits per heavy atom. The molecule has 1 amide bonds. The highest BCUT2D eigenvalue weighted by Crippen LogP contribution is 2.37. The predicted octanol–water partition coefficient (Wildman–Crippen LogP) is 2.24. The Labute approximate surface area is 148 Å². The smallest absolute Gasteiger partial charge is 0.437 e. The number of carbonyl (C=O) groups excluding carboxylic acids is 1. The van der Waals surface area contributed by atoms with Crippen LogP contribution in [-0.4, -0.2) is 28.9 Å². The Balaban J connectivity index is 1.72. The third-order valence-corrected chi connectivity index (χ3v) is 3.83. The molecule has 0 atom stereocenters. The predicted molar refractivity (Wildman–Crippen MR) is 90.4 cm³/mol. The van der Waals surface area contributed by atoms with Crippen LogP contribution in [0.25, 0.3) is 0 Å². The van der Waals surface area contributed by atoms with Crippen molar-refractivity contribution in [3.05, 3.63) is 33.6 Å². The molecule has 1 aromatic heterocycles. The van der Waals surface area contributed by atoms with Gasteiger partial charge in [0.15, 0.2) is 11.5 Å². The van der Waals surface area contributed by atoms with Gasteiger partial charge in [-0.05, 0) is 6.42 Å². The van der Waals surface area contributed by atoms with E-state index in [2.05, 4.69) is 10.4 Å². The zero-order valence-electron chi connectivity index (χ0n) is 13.7. The molecule has 0 bridgehead atoms. The van der Waals surface area contributed by atoms with E-state index in [0.717, 1.165) is 17.5 Å². The number of hydrogen-bond acceptors (Lipinski definition) is 6. The van der Waals surface area contributed by atoms with Gasteiger partial charge in [0.2, 0.25) is 11.8 Å². The molecular weight excluding hydrogens is 350 g/mol. The van der Waals surface area contributed by atoms with Crippen molar-refractivity contribution in [2.45, 2.75) is 32.7 Å². The van der Waals surface area contributed by atoms with Gasteiger partial charge in [-0.3, -0.25) is 4.79 Å². The number of fused-ring (bicyclic) bond motifs is 1. The Hall–Kier alpha value is -2.48. The van der Waals surface area contributed by atoms with Crippen molar-refractivity contribution in [1.82, 2.24) is 9.78 Å². The van der Waals surface area contributed by atoms with Gasteiger partial charge in [0.05, 0.1) is 23.9 Å². The molecule has 0 aliphatic carbocycles. The molecule has 0 saturated carbocycles. The topological polar surface area (TPSA) is 95.6 Å². The van der Waals surface area contributed by atoms with Crippen LogP contribution in [0.5, 0.6) is 11.5 Å². The minimum Gasteiger partial charge on any atom is -0.490 e. The number of anilines is 1. The number of benzene rings is 1. The summed E-state index contributed by atoms with van der Waals surface area (Å²) in [5, 5.41) is 6.95. The summed E-state index contributed by atoms with van der Waals surface area (Å²) in [5.74, 6) is 0.255. The first-order valence-electron chi connectivity index (χ1n) is 8.02. The Morgan fingerprint density at radius 3 is 2.76 bits per heavy atom. The summed E-state index contributed by atoms with van der Waals surface area (Å²) in [4.78, 5) is 23.9. The number of amides is 1. The van der Waals surface area contributed by atoms with E-state index in [1.54, 1.807) is 12.1 Å². The number of hydrogen-bond donors (Lipinski definition) is 1. The van der Waals surface area contributed by atoms with Crippen molar-refractivity contribution < 1.29 is 18.7 Å². The molecule has 8 nitrogen and oxygen atoms in total. The van der Waals surface area contributed by atoms with Crippen LogP contribution in [-0.2, 0) is 17.8 Å². The minimum absolute atomic E-state index is 0.267. The third-order valence-electron chi connectivity index (χ3n) is 3.52. The van der Waals surface area contributed by atoms with E-state index in [1.165, 1.54) is 0 Å². The summed E-state index contributed by atoms with van der Waals surface area (Å²) in [6.07, 6.45) is 2.10. The molecule has 1 aromatic carbocycles. The lowest BCUT2D eigenvalue weighted by atomic mass is 10.2. The van der Waals surface area contributed by atoms with Crippen LogP contribution in [0.15, 0.2) is 21.3 Å². The van der Waals surface area contributed by atoms with E-state index in [0.29, 0.717) is 47.7 Å². The molecule has 0 fully saturated rings. The van der Waals surface area contributed by atoms with Gasteiger partial charge in [0.1, 0.15) is 6.54 Å². The van der Waals surface area contributed by atoms with Crippen LogP contribution in [0.4, 0.5) is 5.69 Å². The van der Waals surface area contributed by atoms with Crippen LogP contribution in [0, 0.1) is 0 Å². The zero-order chi connectivity index (χ0) is 17.8. The average molecular weight is 368 g/mol. The molecule has 0 saturated heterocycles. The number of rotatable bonds is 5. The molecule has 2 aromatic rings. The van der Waals surface area contributed by atoms with Gasteiger partial charge in [0.25, 0.3) is 0 Å². The van der Waals surface area contributed by atoms with Gasteiger partial charge in [-0.25, -0.2) is 4.79 Å². The monoisotopic (exact) mass is 367 g/mol. The van der Waals surface area contributed by atoms with Gasteiger partial charge in [0, 0.05) is 25.0 Å². The highest BCUT2D eigenvalue weighted by molar-refractivity contribution is 6.34. The first-order valence-corrected chi connectivity index (χ1v) is 8.40. The second-order valence-electron chi connectivity index (χ2n) is 5.55. The lowest BCUT2D eigenvalue weighted by molar-refractivity contribution is -0.117. The van der Waals surface area contributed by atoms with Crippen molar-refractivity contribution in [3.8, 4) is 11.5 Å².